The molecule has 0 aliphatic carbocycles. The molecule has 6 nitrogen and oxygen atoms in total. The van der Waals surface area contributed by atoms with Crippen LogP contribution in [0.3, 0.4) is 0 Å². The molecule has 2 amide bonds. The average Bonchev–Trinajstić information content (AvgIpc) is 2.97. The van der Waals surface area contributed by atoms with E-state index >= 15 is 0 Å². The van der Waals surface area contributed by atoms with Gasteiger partial charge in [0.25, 0.3) is 11.8 Å². The minimum absolute atomic E-state index is 0.0715. The Morgan fingerprint density at radius 3 is 1.82 bits per heavy atom. The summed E-state index contributed by atoms with van der Waals surface area (Å²) in [5.74, 6) is -0.281. The number of halogens is 1. The second-order valence-electron chi connectivity index (χ2n) is 8.83. The van der Waals surface area contributed by atoms with Crippen molar-refractivity contribution in [1.29, 1.82) is 0 Å². The summed E-state index contributed by atoms with van der Waals surface area (Å²) in [6, 6.07) is 31.0. The molecule has 0 N–H and O–H groups in total. The van der Waals surface area contributed by atoms with Crippen molar-refractivity contribution in [3.05, 3.63) is 125 Å². The Bertz CT molecular complexity index is 1510. The van der Waals surface area contributed by atoms with Crippen molar-refractivity contribution in [2.75, 3.05) is 16.4 Å². The maximum atomic E-state index is 13.8. The van der Waals surface area contributed by atoms with Gasteiger partial charge in [-0.3, -0.25) is 19.4 Å². The highest BCUT2D eigenvalue weighted by Gasteiger charge is 2.41. The minimum atomic E-state index is -0.535. The van der Waals surface area contributed by atoms with Crippen molar-refractivity contribution in [2.45, 2.75) is 13.5 Å². The zero-order valence-electron chi connectivity index (χ0n) is 21.6. The number of carbonyl (C=O) groups excluding carboxylic acids is 2. The molecule has 1 fully saturated rings. The van der Waals surface area contributed by atoms with Crippen molar-refractivity contribution < 1.29 is 19.1 Å². The van der Waals surface area contributed by atoms with Gasteiger partial charge in [0.2, 0.25) is 0 Å². The normalized spacial score (nSPS) is 13.4. The molecule has 0 saturated carbocycles. The fourth-order valence-electron chi connectivity index (χ4n) is 4.31. The lowest BCUT2D eigenvalue weighted by Crippen LogP contribution is -2.56. The summed E-state index contributed by atoms with van der Waals surface area (Å²) in [4.78, 5) is 30.3. The molecule has 0 bridgehead atoms. The molecule has 40 heavy (non-hydrogen) atoms. The summed E-state index contributed by atoms with van der Waals surface area (Å²) >= 11 is 12.3. The third-order valence-electron chi connectivity index (χ3n) is 6.15. The molecule has 0 aromatic heterocycles. The van der Waals surface area contributed by atoms with Gasteiger partial charge in [-0.2, -0.15) is 0 Å². The van der Waals surface area contributed by atoms with Crippen LogP contribution in [0.2, 0.25) is 5.02 Å². The Hall–Kier alpha value is -4.46. The maximum Gasteiger partial charge on any atom is 0.270 e. The Morgan fingerprint density at radius 1 is 0.775 bits per heavy atom. The molecule has 1 heterocycles. The lowest BCUT2D eigenvalue weighted by Gasteiger charge is -2.36. The van der Waals surface area contributed by atoms with Gasteiger partial charge in [0.1, 0.15) is 12.2 Å². The predicted octanol–water partition coefficient (Wildman–Crippen LogP) is 7.07. The van der Waals surface area contributed by atoms with Crippen LogP contribution in [0.5, 0.6) is 11.5 Å². The Balaban J connectivity index is 1.56. The first-order valence-corrected chi connectivity index (χ1v) is 13.4. The van der Waals surface area contributed by atoms with Gasteiger partial charge in [-0.05, 0) is 72.7 Å². The van der Waals surface area contributed by atoms with E-state index in [2.05, 4.69) is 0 Å². The van der Waals surface area contributed by atoms with E-state index < -0.39 is 11.8 Å². The zero-order chi connectivity index (χ0) is 28.1. The van der Waals surface area contributed by atoms with Crippen LogP contribution in [-0.2, 0) is 16.2 Å². The molecule has 4 aromatic carbocycles. The van der Waals surface area contributed by atoms with Crippen molar-refractivity contribution >= 4 is 58.2 Å². The summed E-state index contributed by atoms with van der Waals surface area (Å²) in [6.07, 6.45) is 1.51. The van der Waals surface area contributed by atoms with E-state index in [9.17, 15) is 9.59 Å². The Morgan fingerprint density at radius 2 is 1.30 bits per heavy atom. The number of para-hydroxylation sites is 2. The second-order valence-corrected chi connectivity index (χ2v) is 9.60. The number of rotatable bonds is 8. The van der Waals surface area contributed by atoms with Crippen LogP contribution in [0.15, 0.2) is 109 Å². The summed E-state index contributed by atoms with van der Waals surface area (Å²) in [5, 5.41) is 0.363. The second kappa shape index (κ2) is 12.2. The molecule has 1 saturated heterocycles. The fourth-order valence-corrected chi connectivity index (χ4v) is 4.96. The Labute approximate surface area is 243 Å². The highest BCUT2D eigenvalue weighted by molar-refractivity contribution is 7.81. The number of anilines is 2. The van der Waals surface area contributed by atoms with E-state index in [1.165, 1.54) is 15.9 Å². The predicted molar refractivity (Wildman–Crippen MR) is 162 cm³/mol. The number of hydrogen-bond acceptors (Lipinski definition) is 5. The van der Waals surface area contributed by atoms with Crippen LogP contribution in [0.25, 0.3) is 6.08 Å². The lowest BCUT2D eigenvalue weighted by atomic mass is 10.0. The van der Waals surface area contributed by atoms with Gasteiger partial charge in [0.15, 0.2) is 16.6 Å². The highest BCUT2D eigenvalue weighted by Crippen LogP contribution is 2.38. The Kier molecular flexibility index (Phi) is 8.24. The zero-order valence-corrected chi connectivity index (χ0v) is 23.2. The molecule has 200 valence electrons. The van der Waals surface area contributed by atoms with E-state index in [4.69, 9.17) is 33.3 Å². The minimum Gasteiger partial charge on any atom is -0.490 e. The van der Waals surface area contributed by atoms with Gasteiger partial charge in [-0.25, -0.2) is 0 Å². The molecular formula is C32H25ClN2O4S. The van der Waals surface area contributed by atoms with E-state index in [1.54, 1.807) is 60.7 Å². The number of benzene rings is 4. The van der Waals surface area contributed by atoms with Gasteiger partial charge in [0.05, 0.1) is 23.0 Å². The molecule has 1 aliphatic heterocycles. The van der Waals surface area contributed by atoms with Gasteiger partial charge in [0, 0.05) is 0 Å². The summed E-state index contributed by atoms with van der Waals surface area (Å²) in [6.45, 7) is 2.52. The summed E-state index contributed by atoms with van der Waals surface area (Å²) in [5.41, 5.74) is 2.51. The van der Waals surface area contributed by atoms with Crippen LogP contribution in [-0.4, -0.2) is 23.5 Å². The molecule has 8 heteroatoms. The molecule has 0 radical (unpaired) electrons. The van der Waals surface area contributed by atoms with Crippen molar-refractivity contribution in [1.82, 2.24) is 0 Å². The third-order valence-corrected chi connectivity index (χ3v) is 6.79. The molecule has 1 aliphatic rings. The van der Waals surface area contributed by atoms with Crippen LogP contribution in [0.1, 0.15) is 18.1 Å². The van der Waals surface area contributed by atoms with Crippen molar-refractivity contribution in [2.24, 2.45) is 0 Å². The highest BCUT2D eigenvalue weighted by atomic mass is 35.5. The first kappa shape index (κ1) is 27.1. The van der Waals surface area contributed by atoms with Crippen LogP contribution in [0.4, 0.5) is 11.4 Å². The molecule has 0 spiro atoms. The first-order valence-electron chi connectivity index (χ1n) is 12.7. The van der Waals surface area contributed by atoms with E-state index in [-0.39, 0.29) is 10.7 Å². The number of nitrogens with zero attached hydrogens (tertiary/aromatic N) is 2. The fraction of sp³-hybridized carbons (Fsp3) is 0.0938. The molecular weight excluding hydrogens is 544 g/mol. The van der Waals surface area contributed by atoms with Gasteiger partial charge < -0.3 is 9.47 Å². The van der Waals surface area contributed by atoms with E-state index in [0.717, 1.165) is 5.56 Å². The molecule has 5 rings (SSSR count). The van der Waals surface area contributed by atoms with Gasteiger partial charge >= 0.3 is 0 Å². The van der Waals surface area contributed by atoms with Crippen LogP contribution < -0.4 is 19.3 Å². The standard InChI is InChI=1S/C32H25ClN2O4S/c1-2-38-28-20-23(19-27(33)29(28)39-21-22-12-6-3-7-13-22)18-26-30(36)34(24-14-8-4-9-15-24)32(40)35(31(26)37)25-16-10-5-11-17-25/h3-20H,2,21H2,1H3. The number of carbonyl (C=O) groups is 2. The number of hydrogen-bond donors (Lipinski definition) is 0. The van der Waals surface area contributed by atoms with Gasteiger partial charge in [-0.15, -0.1) is 0 Å². The maximum absolute atomic E-state index is 13.8. The smallest absolute Gasteiger partial charge is 0.270 e. The van der Waals surface area contributed by atoms with Crippen molar-refractivity contribution in [3.8, 4) is 11.5 Å². The van der Waals surface area contributed by atoms with E-state index in [0.29, 0.717) is 46.7 Å². The quantitative estimate of drug-likeness (QED) is 0.129. The first-order chi connectivity index (χ1) is 19.5. The number of thiocarbonyl (C=S) groups is 1. The third kappa shape index (κ3) is 5.61. The van der Waals surface area contributed by atoms with Gasteiger partial charge in [-0.1, -0.05) is 78.3 Å². The monoisotopic (exact) mass is 568 g/mol. The number of ether oxygens (including phenoxy) is 2. The lowest BCUT2D eigenvalue weighted by molar-refractivity contribution is -0.120. The molecule has 0 atom stereocenters. The summed E-state index contributed by atoms with van der Waals surface area (Å²) < 4.78 is 11.9. The molecule has 0 unspecified atom stereocenters. The number of amides is 2. The van der Waals surface area contributed by atoms with Crippen molar-refractivity contribution in [3.63, 3.8) is 0 Å². The topological polar surface area (TPSA) is 59.1 Å². The van der Waals surface area contributed by atoms with Crippen LogP contribution >= 0.6 is 23.8 Å². The average molecular weight is 569 g/mol. The van der Waals surface area contributed by atoms with Crippen LogP contribution in [0, 0.1) is 0 Å². The SMILES string of the molecule is CCOc1cc(C=C2C(=O)N(c3ccccc3)C(=S)N(c3ccccc3)C2=O)cc(Cl)c1OCc1ccccc1. The largest absolute Gasteiger partial charge is 0.490 e. The van der Waals surface area contributed by atoms with E-state index in [1.807, 2.05) is 49.4 Å². The molecule has 4 aromatic rings. The summed E-state index contributed by atoms with van der Waals surface area (Å²) in [7, 11) is 0.